The number of aromatic amines is 1. The van der Waals surface area contributed by atoms with Crippen LogP contribution in [0.4, 0.5) is 11.8 Å². The molecule has 3 fully saturated rings. The summed E-state index contributed by atoms with van der Waals surface area (Å²) < 4.78 is 50.7. The lowest BCUT2D eigenvalue weighted by atomic mass is 10.1. The molecule has 242 valence electrons. The number of aromatic nitrogens is 7. The molecule has 0 radical (unpaired) electrons. The van der Waals surface area contributed by atoms with E-state index in [0.29, 0.717) is 0 Å². The molecule has 0 saturated carbocycles. The first-order chi connectivity index (χ1) is 21.3. The quantitative estimate of drug-likeness (QED) is 0.100. The monoisotopic (exact) mass is 705 g/mol. The number of fused-ring (bicyclic) bond motifs is 5. The Morgan fingerprint density at radius 1 is 1.00 bits per heavy atom. The molecule has 3 aliphatic heterocycles. The van der Waals surface area contributed by atoms with Crippen LogP contribution in [0.1, 0.15) is 12.5 Å². The summed E-state index contributed by atoms with van der Waals surface area (Å²) in [5, 5.41) is 22.6. The minimum absolute atomic E-state index is 0.0801. The topological polar surface area (TPSA) is 279 Å². The minimum Gasteiger partial charge on any atom is -0.387 e. The normalized spacial score (nSPS) is 37.7. The molecule has 4 unspecified atom stereocenters. The van der Waals surface area contributed by atoms with Gasteiger partial charge in [0.25, 0.3) is 5.56 Å². The van der Waals surface area contributed by atoms with E-state index in [1.54, 1.807) is 0 Å². The third-order valence-corrected chi connectivity index (χ3v) is 10.6. The molecule has 4 aromatic heterocycles. The van der Waals surface area contributed by atoms with E-state index in [1.807, 2.05) is 0 Å². The number of nitrogens with one attached hydrogen (secondary N) is 1. The second kappa shape index (κ2) is 11.3. The zero-order valence-electron chi connectivity index (χ0n) is 22.5. The maximum Gasteiger partial charge on any atom is 0.386 e. The Morgan fingerprint density at radius 2 is 1.76 bits per heavy atom. The number of nitrogens with two attached hydrogens (primary N) is 2. The number of thiol groups is 1. The predicted octanol–water partition coefficient (Wildman–Crippen LogP) is -0.683. The fourth-order valence-electron chi connectivity index (χ4n) is 5.43. The molecule has 7 heterocycles. The Hall–Kier alpha value is -2.56. The average Bonchev–Trinajstić information content (AvgIpc) is 3.72. The van der Waals surface area contributed by atoms with E-state index in [9.17, 15) is 24.5 Å². The van der Waals surface area contributed by atoms with Crippen LogP contribution in [0.5, 0.6) is 0 Å². The first-order valence-corrected chi connectivity index (χ1v) is 18.4. The van der Waals surface area contributed by atoms with Crippen LogP contribution in [0.25, 0.3) is 22.2 Å². The molecule has 0 aliphatic carbocycles. The highest BCUT2D eigenvalue weighted by molar-refractivity contribution is 8.44. The molecule has 20 nitrogen and oxygen atoms in total. The summed E-state index contributed by atoms with van der Waals surface area (Å²) in [7, 11) is 0. The van der Waals surface area contributed by atoms with Gasteiger partial charge in [-0.25, -0.2) is 19.5 Å². The van der Waals surface area contributed by atoms with Gasteiger partial charge in [0.05, 0.1) is 24.9 Å². The van der Waals surface area contributed by atoms with Crippen molar-refractivity contribution in [3.63, 3.8) is 0 Å². The summed E-state index contributed by atoms with van der Waals surface area (Å²) >= 11 is 9.32. The lowest BCUT2D eigenvalue weighted by molar-refractivity contribution is -0.0587. The van der Waals surface area contributed by atoms with Gasteiger partial charge < -0.3 is 45.1 Å². The molecule has 24 heteroatoms. The molecule has 0 spiro atoms. The molecule has 45 heavy (non-hydrogen) atoms. The summed E-state index contributed by atoms with van der Waals surface area (Å²) in [5.41, 5.74) is 11.6. The number of nitrogen functional groups attached to an aromatic ring is 2. The molecule has 7 rings (SSSR count). The molecule has 3 saturated heterocycles. The third-order valence-electron chi connectivity index (χ3n) is 7.47. The van der Waals surface area contributed by atoms with Crippen molar-refractivity contribution in [2.24, 2.45) is 0 Å². The lowest BCUT2D eigenvalue weighted by Crippen LogP contribution is -2.36. The van der Waals surface area contributed by atoms with Crippen LogP contribution in [-0.2, 0) is 43.9 Å². The number of rotatable bonds is 2. The number of hydrogen-bond donors (Lipinski definition) is 7. The Morgan fingerprint density at radius 3 is 2.56 bits per heavy atom. The van der Waals surface area contributed by atoms with Crippen molar-refractivity contribution < 1.29 is 47.2 Å². The van der Waals surface area contributed by atoms with Gasteiger partial charge in [0.2, 0.25) is 5.95 Å². The van der Waals surface area contributed by atoms with Gasteiger partial charge in [-0.3, -0.25) is 27.9 Å². The predicted molar refractivity (Wildman–Crippen MR) is 159 cm³/mol. The largest absolute Gasteiger partial charge is 0.387 e. The van der Waals surface area contributed by atoms with Gasteiger partial charge in [-0.15, -0.1) is 0 Å². The van der Waals surface area contributed by atoms with Gasteiger partial charge >= 0.3 is 13.5 Å². The van der Waals surface area contributed by atoms with Crippen molar-refractivity contribution in [1.29, 1.82) is 0 Å². The maximum absolute atomic E-state index is 13.6. The van der Waals surface area contributed by atoms with E-state index >= 15 is 0 Å². The number of imidazole rings is 1. The van der Waals surface area contributed by atoms with Gasteiger partial charge in [-0.2, -0.15) is 4.98 Å². The Bertz CT molecular complexity index is 1940. The van der Waals surface area contributed by atoms with Gasteiger partial charge in [0, 0.05) is 6.20 Å². The van der Waals surface area contributed by atoms with Crippen LogP contribution in [0.2, 0.25) is 0 Å². The van der Waals surface area contributed by atoms with Gasteiger partial charge in [-0.05, 0) is 17.9 Å². The van der Waals surface area contributed by atoms with E-state index < -0.39 is 81.4 Å². The van der Waals surface area contributed by atoms with E-state index in [-0.39, 0.29) is 34.0 Å². The standard InChI is InChI=1S/C21H25N9O11P2S2/c22-15-10-17(25-5-24-15)30(6-26-10)19-12(32)13-9(39-19)4-37-43(35,45)41-14-11(31)8(3-36-42(34,44)40-13)38-20(14)29-2-1-7-16(29)27-21(23)28-18(7)33/h1-2,5-6,8-9,11-14,19-20,31-32H,3-4H2,(H,34,44)(H,35,45)(H2,22,24,25)(H3,23,27,28,33)/t8-,9-,11?,12+,13?,14+,19-,20-,42?,43?/m1/s1. The second-order valence-corrected chi connectivity index (χ2v) is 15.9. The van der Waals surface area contributed by atoms with Gasteiger partial charge in [0.15, 0.2) is 29.6 Å². The van der Waals surface area contributed by atoms with E-state index in [2.05, 4.69) is 37.2 Å². The summed E-state index contributed by atoms with van der Waals surface area (Å²) in [6.45, 7) is -9.61. The first kappa shape index (κ1) is 31.1. The highest BCUT2D eigenvalue weighted by Gasteiger charge is 2.52. The van der Waals surface area contributed by atoms with Crippen molar-refractivity contribution in [2.75, 3.05) is 24.7 Å². The number of anilines is 2. The van der Waals surface area contributed by atoms with E-state index in [4.69, 9.17) is 50.8 Å². The Labute approximate surface area is 261 Å². The average molecular weight is 706 g/mol. The first-order valence-electron chi connectivity index (χ1n) is 13.1. The van der Waals surface area contributed by atoms with Crippen molar-refractivity contribution in [1.82, 2.24) is 34.1 Å². The van der Waals surface area contributed by atoms with Crippen LogP contribution in [0.3, 0.4) is 0 Å². The zero-order chi connectivity index (χ0) is 31.8. The number of aliphatic hydroxyl groups is 2. The number of hydrogen-bond acceptors (Lipinski definition) is 17. The molecular formula is C21H25N9O11P2S2. The number of H-pyrrole nitrogens is 1. The highest BCUT2D eigenvalue weighted by Crippen LogP contribution is 2.58. The third kappa shape index (κ3) is 5.58. The van der Waals surface area contributed by atoms with E-state index in [1.165, 1.54) is 34.1 Å². The molecule has 10 atom stereocenters. The zero-order valence-corrected chi connectivity index (χ0v) is 26.0. The smallest absolute Gasteiger partial charge is 0.386 e. The summed E-state index contributed by atoms with van der Waals surface area (Å²) in [4.78, 5) is 42.1. The van der Waals surface area contributed by atoms with Crippen molar-refractivity contribution >= 4 is 71.5 Å². The SMILES string of the molecule is Nc1nc2c(ccn2[C@@H]2O[C@@H]3COP(O)(=S)OC4[C@@H](COP(=O)(S)O[C@H]2C3O)O[C@@H](n2cnc3c(N)ncnc32)[C@H]4O)c(=O)[nH]1. The van der Waals surface area contributed by atoms with Crippen LogP contribution < -0.4 is 17.0 Å². The molecule has 0 aromatic carbocycles. The van der Waals surface area contributed by atoms with Crippen LogP contribution in [-0.4, -0.2) is 99.0 Å². The highest BCUT2D eigenvalue weighted by atomic mass is 32.7. The summed E-state index contributed by atoms with van der Waals surface area (Å²) in [6, 6.07) is 1.44. The fourth-order valence-corrected chi connectivity index (χ4v) is 8.34. The van der Waals surface area contributed by atoms with Crippen molar-refractivity contribution in [2.45, 2.75) is 49.1 Å². The Balaban J connectivity index is 1.21. The lowest BCUT2D eigenvalue weighted by Gasteiger charge is -2.27. The molecule has 0 amide bonds. The van der Waals surface area contributed by atoms with E-state index in [0.717, 1.165) is 0 Å². The van der Waals surface area contributed by atoms with Gasteiger partial charge in [0.1, 0.15) is 48.5 Å². The molecule has 3 aliphatic rings. The minimum atomic E-state index is -4.35. The van der Waals surface area contributed by atoms with Crippen LogP contribution in [0, 0.1) is 0 Å². The Kier molecular flexibility index (Phi) is 7.80. The van der Waals surface area contributed by atoms with Crippen molar-refractivity contribution in [3.8, 4) is 0 Å². The summed E-state index contributed by atoms with van der Waals surface area (Å²) in [6.07, 6.45) is -6.82. The number of aliphatic hydroxyl groups excluding tert-OH is 2. The van der Waals surface area contributed by atoms with Gasteiger partial charge in [-0.1, -0.05) is 12.2 Å². The fraction of sp³-hybridized carbons (Fsp3) is 0.476. The number of nitrogens with zero attached hydrogens (tertiary/aromatic N) is 6. The van der Waals surface area contributed by atoms with Crippen LogP contribution >= 0.6 is 25.8 Å². The number of ether oxygens (including phenoxy) is 2. The van der Waals surface area contributed by atoms with Crippen molar-refractivity contribution in [3.05, 3.63) is 35.3 Å². The van der Waals surface area contributed by atoms with Crippen LogP contribution in [0.15, 0.2) is 29.7 Å². The molecule has 2 bridgehead atoms. The second-order valence-electron chi connectivity index (χ2n) is 10.3. The maximum atomic E-state index is 13.6. The molecule has 4 aromatic rings. The summed E-state index contributed by atoms with van der Waals surface area (Å²) in [5.74, 6) is -0.0878. The molecule has 8 N–H and O–H groups in total. The molecular weight excluding hydrogens is 680 g/mol.